The van der Waals surface area contributed by atoms with Gasteiger partial charge in [-0.05, 0) is 87.1 Å². The van der Waals surface area contributed by atoms with Gasteiger partial charge >= 0.3 is 30.5 Å². The van der Waals surface area contributed by atoms with E-state index >= 15 is 0 Å². The Bertz CT molecular complexity index is 1640. The Morgan fingerprint density at radius 3 is 1.25 bits per heavy atom. The van der Waals surface area contributed by atoms with Crippen molar-refractivity contribution >= 4 is 52.0 Å². The molecule has 0 fully saturated rings. The lowest BCUT2D eigenvalue weighted by molar-refractivity contribution is -0.526. The van der Waals surface area contributed by atoms with Gasteiger partial charge < -0.3 is 29.3 Å². The highest BCUT2D eigenvalue weighted by molar-refractivity contribution is 6.67. The van der Waals surface area contributed by atoms with E-state index in [1.54, 1.807) is 91.9 Å². The van der Waals surface area contributed by atoms with Gasteiger partial charge in [0.25, 0.3) is 5.24 Å². The van der Waals surface area contributed by atoms with Crippen LogP contribution in [-0.2, 0) is 23.7 Å². The van der Waals surface area contributed by atoms with Gasteiger partial charge in [0.1, 0.15) is 6.79 Å². The Hall–Kier alpha value is -4.40. The predicted octanol–water partition coefficient (Wildman–Crippen LogP) is 10.7. The van der Waals surface area contributed by atoms with Crippen LogP contribution in [0, 0.1) is 24.2 Å². The topological polar surface area (TPSA) is 141 Å². The van der Waals surface area contributed by atoms with E-state index in [0.717, 1.165) is 0 Å². The molecule has 3 rings (SSSR count). The molecular formula is C44H56Cl3F6NO10. The van der Waals surface area contributed by atoms with Crippen LogP contribution < -0.4 is 0 Å². The highest BCUT2D eigenvalue weighted by atomic mass is 35.5. The van der Waals surface area contributed by atoms with Crippen molar-refractivity contribution in [1.82, 2.24) is 4.90 Å². The third-order valence-corrected chi connectivity index (χ3v) is 6.70. The van der Waals surface area contributed by atoms with Gasteiger partial charge in [0, 0.05) is 5.56 Å². The van der Waals surface area contributed by atoms with Crippen molar-refractivity contribution < 1.29 is 74.6 Å². The summed E-state index contributed by atoms with van der Waals surface area (Å²) in [5.74, 6) is 6.02. The molecule has 0 aliphatic rings. The number of carbonyl (C=O) groups is 3. The maximum atomic E-state index is 12.8. The van der Waals surface area contributed by atoms with Crippen molar-refractivity contribution in [1.29, 1.82) is 0 Å². The normalized spacial score (nSPS) is 10.0. The van der Waals surface area contributed by atoms with Crippen molar-refractivity contribution in [3.63, 3.8) is 0 Å². The van der Waals surface area contributed by atoms with Crippen molar-refractivity contribution in [2.24, 2.45) is 0 Å². The third kappa shape index (κ3) is 37.0. The Morgan fingerprint density at radius 2 is 1.00 bits per heavy atom. The predicted molar refractivity (Wildman–Crippen MR) is 235 cm³/mol. The second kappa shape index (κ2) is 42.5. The summed E-state index contributed by atoms with van der Waals surface area (Å²) in [5.41, 5.74) is 1.37. The van der Waals surface area contributed by atoms with E-state index in [0.29, 0.717) is 16.7 Å². The molecule has 0 atom stereocenters. The second-order valence-electron chi connectivity index (χ2n) is 11.0. The largest absolute Gasteiger partial charge is 0.490 e. The molecule has 0 saturated carbocycles. The van der Waals surface area contributed by atoms with Gasteiger partial charge in [-0.15, -0.1) is 38.4 Å². The summed E-state index contributed by atoms with van der Waals surface area (Å²) in [5, 5.41) is 14.0. The van der Waals surface area contributed by atoms with Crippen LogP contribution in [0.2, 0.25) is 0 Å². The van der Waals surface area contributed by atoms with Crippen molar-refractivity contribution in [2.75, 3.05) is 51.8 Å². The molecule has 11 nitrogen and oxygen atoms in total. The number of hydrogen-bond acceptors (Lipinski definition) is 11. The number of rotatable bonds is 17. The number of carbonyl (C=O) groups excluding carboxylic acids is 3. The Labute approximate surface area is 386 Å². The Balaban J connectivity index is -0.000000365. The van der Waals surface area contributed by atoms with E-state index in [-0.39, 0.29) is 18.2 Å². The van der Waals surface area contributed by atoms with E-state index < -0.39 is 62.5 Å². The standard InChI is InChI=1S/C15H12O4.C9H14F6O3.C7H5ClO.C6H15N.C5H4.CH2Cl2.CH4O2/c16-14(12-7-3-1-4-8-12)18-11-19-15(17)13-9-5-2-6-10-13;1-3-5-16-7(10,11)8(12,13)18-9(14,15)17-6-4-2;8-7(9)6-4-2-1-3-5-6;1-4-7(5-2)6-3;1-3-5-4-2;2*2-1-3/h1-10H,11H2;3-6H2,1-2H3;1-5H;4-6H2,1-3H3;1H,2H3;1H2;2-3H,1H2. The van der Waals surface area contributed by atoms with Gasteiger partial charge in [-0.2, -0.15) is 17.6 Å². The van der Waals surface area contributed by atoms with Crippen LogP contribution in [-0.4, -0.2) is 103 Å². The first-order valence-corrected chi connectivity index (χ1v) is 20.4. The number of nitrogens with zero attached hydrogens (tertiary/aromatic N) is 1. The van der Waals surface area contributed by atoms with Crippen LogP contribution in [0.4, 0.5) is 26.3 Å². The van der Waals surface area contributed by atoms with E-state index in [9.17, 15) is 40.7 Å². The number of ether oxygens (including phenoxy) is 5. The second-order valence-corrected chi connectivity index (χ2v) is 12.2. The van der Waals surface area contributed by atoms with Crippen LogP contribution in [0.5, 0.6) is 0 Å². The van der Waals surface area contributed by atoms with Gasteiger partial charge in [-0.1, -0.05) is 107 Å². The van der Waals surface area contributed by atoms with E-state index in [1.165, 1.54) is 33.5 Å². The first-order chi connectivity index (χ1) is 30.2. The summed E-state index contributed by atoms with van der Waals surface area (Å²) >= 11 is 14.7. The molecular weight excluding hydrogens is 923 g/mol. The number of alkyl halides is 8. The maximum absolute atomic E-state index is 12.8. The Morgan fingerprint density at radius 1 is 0.656 bits per heavy atom. The number of aliphatic hydroxyl groups excluding tert-OH is 1. The minimum atomic E-state index is -5.50. The minimum Gasteiger partial charge on any atom is -0.424 e. The van der Waals surface area contributed by atoms with Crippen molar-refractivity contribution in [3.05, 3.63) is 108 Å². The number of halogens is 9. The summed E-state index contributed by atoms with van der Waals surface area (Å²) in [4.78, 5) is 35.9. The average Bonchev–Trinajstić information content (AvgIpc) is 3.28. The van der Waals surface area contributed by atoms with Crippen LogP contribution >= 0.6 is 34.8 Å². The van der Waals surface area contributed by atoms with E-state index in [4.69, 9.17) is 60.9 Å². The van der Waals surface area contributed by atoms with Crippen molar-refractivity contribution in [3.8, 4) is 24.2 Å². The smallest absolute Gasteiger partial charge is 0.424 e. The molecule has 0 unspecified atom stereocenters. The average molecular weight is 979 g/mol. The number of benzene rings is 3. The maximum Gasteiger partial charge on any atom is 0.490 e. The quantitative estimate of drug-likeness (QED) is 0.0333. The summed E-state index contributed by atoms with van der Waals surface area (Å²) in [7, 11) is 0. The van der Waals surface area contributed by atoms with Gasteiger partial charge in [0.15, 0.2) is 0 Å². The summed E-state index contributed by atoms with van der Waals surface area (Å²) in [6.45, 7) is 12.1. The molecule has 0 amide bonds. The number of terminal acetylenes is 1. The molecule has 20 heteroatoms. The molecule has 0 saturated heterocycles. The lowest BCUT2D eigenvalue weighted by Crippen LogP contribution is -2.49. The van der Waals surface area contributed by atoms with Gasteiger partial charge in [0.05, 0.1) is 29.7 Å². The molecule has 0 aromatic heterocycles. The number of esters is 2. The van der Waals surface area contributed by atoms with E-state index in [2.05, 4.69) is 57.6 Å². The molecule has 0 bridgehead atoms. The summed E-state index contributed by atoms with van der Waals surface area (Å²) in [6, 6.07) is 25.8. The lowest BCUT2D eigenvalue weighted by Gasteiger charge is -2.28. The zero-order chi connectivity index (χ0) is 49.9. The van der Waals surface area contributed by atoms with E-state index in [1.807, 2.05) is 6.07 Å². The van der Waals surface area contributed by atoms with Crippen LogP contribution in [0.25, 0.3) is 0 Å². The van der Waals surface area contributed by atoms with Gasteiger partial charge in [-0.25, -0.2) is 14.3 Å². The lowest BCUT2D eigenvalue weighted by atomic mass is 10.2. The van der Waals surface area contributed by atoms with Crippen LogP contribution in [0.3, 0.4) is 0 Å². The SMILES string of the molecule is C#CC#CC.CCCOC(F)(F)OC(F)(F)C(F)(F)OCCC.CCN(CC)CC.ClCCl.O=C(Cl)c1ccccc1.O=C(OCOC(=O)c1ccccc1)c1ccccc1.OCO. The molecule has 3 aromatic rings. The molecule has 0 aliphatic carbocycles. The number of hydrogen-bond donors (Lipinski definition) is 2. The molecule has 360 valence electrons. The molecule has 64 heavy (non-hydrogen) atoms. The van der Waals surface area contributed by atoms with Crippen molar-refractivity contribution in [2.45, 2.75) is 72.9 Å². The highest BCUT2D eigenvalue weighted by Crippen LogP contribution is 2.40. The fourth-order valence-electron chi connectivity index (χ4n) is 3.54. The molecule has 0 spiro atoms. The van der Waals surface area contributed by atoms with Gasteiger partial charge in [0.2, 0.25) is 6.79 Å². The molecule has 3 aromatic carbocycles. The van der Waals surface area contributed by atoms with Crippen LogP contribution in [0.1, 0.15) is 85.5 Å². The molecule has 0 heterocycles. The fraction of sp³-hybridized carbons (Fsp3) is 0.432. The highest BCUT2D eigenvalue weighted by Gasteiger charge is 2.64. The Kier molecular flexibility index (Phi) is 44.0. The zero-order valence-corrected chi connectivity index (χ0v) is 38.6. The number of aliphatic hydroxyl groups is 2. The summed E-state index contributed by atoms with van der Waals surface area (Å²) in [6.07, 6.45) is -10.7. The zero-order valence-electron chi connectivity index (χ0n) is 36.3. The van der Waals surface area contributed by atoms with Crippen LogP contribution in [0.15, 0.2) is 91.0 Å². The first-order valence-electron chi connectivity index (χ1n) is 19.0. The summed E-state index contributed by atoms with van der Waals surface area (Å²) < 4.78 is 95.9. The molecule has 0 aliphatic heterocycles. The fourth-order valence-corrected chi connectivity index (χ4v) is 3.66. The monoisotopic (exact) mass is 977 g/mol. The molecule has 0 radical (unpaired) electrons. The third-order valence-electron chi connectivity index (χ3n) is 6.49. The molecule has 2 N–H and O–H groups in total. The first kappa shape index (κ1) is 66.2. The van der Waals surface area contributed by atoms with Gasteiger partial charge in [-0.3, -0.25) is 9.53 Å². The minimum absolute atomic E-state index is 0.00833.